The summed E-state index contributed by atoms with van der Waals surface area (Å²) in [5, 5.41) is 0. The normalized spacial score (nSPS) is 11.1. The second kappa shape index (κ2) is 10.9. The van der Waals surface area contributed by atoms with E-state index in [4.69, 9.17) is 14.2 Å². The Kier molecular flexibility index (Phi) is 7.75. The van der Waals surface area contributed by atoms with Crippen LogP contribution in [0.2, 0.25) is 0 Å². The number of halogens is 1. The van der Waals surface area contributed by atoms with Crippen LogP contribution in [-0.2, 0) is 0 Å². The highest BCUT2D eigenvalue weighted by Crippen LogP contribution is 2.38. The van der Waals surface area contributed by atoms with Crippen molar-refractivity contribution in [2.24, 2.45) is 4.99 Å². The van der Waals surface area contributed by atoms with Gasteiger partial charge in [0.1, 0.15) is 5.82 Å². The Morgan fingerprint density at radius 3 is 2.16 bits per heavy atom. The first-order chi connectivity index (χ1) is 15.5. The molecule has 0 aromatic heterocycles. The minimum Gasteiger partial charge on any atom is -0.493 e. The van der Waals surface area contributed by atoms with Crippen LogP contribution in [0.5, 0.6) is 17.2 Å². The minimum absolute atomic E-state index is 0.118. The van der Waals surface area contributed by atoms with Crippen molar-refractivity contribution >= 4 is 29.8 Å². The molecule has 0 fully saturated rings. The Hall–Kier alpha value is -3.93. The number of ketones is 1. The number of Topliss-reactive ketones (excluding diaryl/α,β-unsaturated/α-hetero) is 1. The van der Waals surface area contributed by atoms with Gasteiger partial charge in [-0.1, -0.05) is 24.3 Å². The van der Waals surface area contributed by atoms with Gasteiger partial charge in [-0.2, -0.15) is 0 Å². The van der Waals surface area contributed by atoms with Gasteiger partial charge in [-0.05, 0) is 59.7 Å². The molecule has 0 aliphatic heterocycles. The molecule has 0 N–H and O–H groups in total. The lowest BCUT2D eigenvalue weighted by atomic mass is 10.1. The molecule has 0 aliphatic carbocycles. The van der Waals surface area contributed by atoms with E-state index in [2.05, 4.69) is 4.99 Å². The maximum absolute atomic E-state index is 13.0. The highest BCUT2D eigenvalue weighted by atomic mass is 19.1. The summed E-state index contributed by atoms with van der Waals surface area (Å²) >= 11 is 0. The Morgan fingerprint density at radius 1 is 0.875 bits per heavy atom. The number of nitrogens with zero attached hydrogens (tertiary/aromatic N) is 1. The fraction of sp³-hybridized carbons (Fsp3) is 0.154. The van der Waals surface area contributed by atoms with E-state index in [0.717, 1.165) is 16.8 Å². The molecule has 3 aromatic carbocycles. The third-order valence-electron chi connectivity index (χ3n) is 4.71. The third-order valence-corrected chi connectivity index (χ3v) is 4.71. The maximum atomic E-state index is 13.0. The molecule has 32 heavy (non-hydrogen) atoms. The number of ether oxygens (including phenoxy) is 3. The van der Waals surface area contributed by atoms with E-state index < -0.39 is 0 Å². The van der Waals surface area contributed by atoms with Gasteiger partial charge in [-0.15, -0.1) is 0 Å². The van der Waals surface area contributed by atoms with E-state index in [1.54, 1.807) is 27.5 Å². The standard InChI is InChI=1S/C26H24FNO4/c1-30-24-16-19(17-25(31-2)26(24)32-3)8-7-18-5-4-6-22(15-18)28-14-13-23(29)20-9-11-21(27)12-10-20/h4-12,14-17H,13H2,1-3H3/b8-7-,28-14?. The fourth-order valence-corrected chi connectivity index (χ4v) is 3.09. The van der Waals surface area contributed by atoms with Gasteiger partial charge >= 0.3 is 0 Å². The van der Waals surface area contributed by atoms with Crippen molar-refractivity contribution in [3.63, 3.8) is 0 Å². The van der Waals surface area contributed by atoms with E-state index in [9.17, 15) is 9.18 Å². The molecule has 0 saturated carbocycles. The van der Waals surface area contributed by atoms with E-state index in [-0.39, 0.29) is 18.0 Å². The highest BCUT2D eigenvalue weighted by Gasteiger charge is 2.12. The average Bonchev–Trinajstić information content (AvgIpc) is 2.82. The summed E-state index contributed by atoms with van der Waals surface area (Å²) in [6.45, 7) is 0. The van der Waals surface area contributed by atoms with Crippen molar-refractivity contribution in [1.29, 1.82) is 0 Å². The molecule has 3 aromatic rings. The van der Waals surface area contributed by atoms with Crippen molar-refractivity contribution in [2.45, 2.75) is 6.42 Å². The van der Waals surface area contributed by atoms with Crippen LogP contribution in [0.15, 0.2) is 65.7 Å². The van der Waals surface area contributed by atoms with Crippen LogP contribution in [0.1, 0.15) is 27.9 Å². The van der Waals surface area contributed by atoms with Crippen molar-refractivity contribution in [2.75, 3.05) is 21.3 Å². The number of carbonyl (C=O) groups excluding carboxylic acids is 1. The summed E-state index contributed by atoms with van der Waals surface area (Å²) in [7, 11) is 4.72. The first-order valence-electron chi connectivity index (χ1n) is 9.93. The average molecular weight is 433 g/mol. The molecule has 0 heterocycles. The molecule has 6 heteroatoms. The van der Waals surface area contributed by atoms with Crippen LogP contribution >= 0.6 is 0 Å². The predicted octanol–water partition coefficient (Wildman–Crippen LogP) is 6.00. The first kappa shape index (κ1) is 22.7. The zero-order valence-corrected chi connectivity index (χ0v) is 18.2. The van der Waals surface area contributed by atoms with Crippen LogP contribution < -0.4 is 14.2 Å². The molecule has 0 bridgehead atoms. The Balaban J connectivity index is 1.71. The molecule has 164 valence electrons. The predicted molar refractivity (Wildman–Crippen MR) is 125 cm³/mol. The summed E-state index contributed by atoms with van der Waals surface area (Å²) in [6, 6.07) is 16.8. The first-order valence-corrected chi connectivity index (χ1v) is 9.93. The van der Waals surface area contributed by atoms with E-state index in [1.165, 1.54) is 24.3 Å². The van der Waals surface area contributed by atoms with E-state index in [1.807, 2.05) is 48.6 Å². The topological polar surface area (TPSA) is 57.1 Å². The lowest BCUT2D eigenvalue weighted by molar-refractivity contribution is 0.100. The summed E-state index contributed by atoms with van der Waals surface area (Å²) in [5.74, 6) is 1.21. The number of carbonyl (C=O) groups is 1. The third kappa shape index (κ3) is 5.82. The van der Waals surface area contributed by atoms with Crippen molar-refractivity contribution in [3.05, 3.63) is 83.2 Å². The molecule has 0 radical (unpaired) electrons. The molecule has 0 spiro atoms. The van der Waals surface area contributed by atoms with Gasteiger partial charge < -0.3 is 14.2 Å². The molecule has 5 nitrogen and oxygen atoms in total. The fourth-order valence-electron chi connectivity index (χ4n) is 3.09. The zero-order valence-electron chi connectivity index (χ0n) is 18.2. The lowest BCUT2D eigenvalue weighted by Gasteiger charge is -2.12. The minimum atomic E-state index is -0.369. The highest BCUT2D eigenvalue weighted by molar-refractivity contribution is 6.03. The SMILES string of the molecule is COc1cc(/C=C\c2cccc(N=CCC(=O)c3ccc(F)cc3)c2)cc(OC)c1OC. The smallest absolute Gasteiger partial charge is 0.203 e. The number of rotatable bonds is 9. The number of aliphatic imine (C=N–C) groups is 1. The maximum Gasteiger partial charge on any atom is 0.203 e. The molecule has 0 unspecified atom stereocenters. The van der Waals surface area contributed by atoms with Crippen LogP contribution in [0.25, 0.3) is 12.2 Å². The van der Waals surface area contributed by atoms with E-state index in [0.29, 0.717) is 22.8 Å². The van der Waals surface area contributed by atoms with Gasteiger partial charge in [0, 0.05) is 18.2 Å². The Bertz CT molecular complexity index is 1110. The summed E-state index contributed by atoms with van der Waals surface area (Å²) in [4.78, 5) is 16.5. The van der Waals surface area contributed by atoms with Gasteiger partial charge in [0.2, 0.25) is 5.75 Å². The van der Waals surface area contributed by atoms with Crippen LogP contribution in [-0.4, -0.2) is 33.3 Å². The van der Waals surface area contributed by atoms with Crippen LogP contribution in [0, 0.1) is 5.82 Å². The van der Waals surface area contributed by atoms with E-state index >= 15 is 0 Å². The molecule has 0 aliphatic rings. The van der Waals surface area contributed by atoms with Gasteiger partial charge in [0.05, 0.1) is 27.0 Å². The van der Waals surface area contributed by atoms with Crippen molar-refractivity contribution < 1.29 is 23.4 Å². The molecular weight excluding hydrogens is 409 g/mol. The Morgan fingerprint density at radius 2 is 1.53 bits per heavy atom. The van der Waals surface area contributed by atoms with Gasteiger partial charge in [-0.3, -0.25) is 9.79 Å². The Labute approximate surface area is 186 Å². The number of benzene rings is 3. The molecule has 0 atom stereocenters. The second-order valence-corrected chi connectivity index (χ2v) is 6.83. The molecule has 0 saturated heterocycles. The van der Waals surface area contributed by atoms with Gasteiger partial charge in [0.15, 0.2) is 17.3 Å². The summed E-state index contributed by atoms with van der Waals surface area (Å²) in [6.07, 6.45) is 5.58. The summed E-state index contributed by atoms with van der Waals surface area (Å²) in [5.41, 5.74) is 3.01. The van der Waals surface area contributed by atoms with Crippen LogP contribution in [0.3, 0.4) is 0 Å². The number of methoxy groups -OCH3 is 3. The number of hydrogen-bond acceptors (Lipinski definition) is 5. The largest absolute Gasteiger partial charge is 0.493 e. The molecular formula is C26H24FNO4. The lowest BCUT2D eigenvalue weighted by Crippen LogP contribution is -1.99. The van der Waals surface area contributed by atoms with Crippen LogP contribution in [0.4, 0.5) is 10.1 Å². The number of hydrogen-bond donors (Lipinski definition) is 0. The zero-order chi connectivity index (χ0) is 22.9. The van der Waals surface area contributed by atoms with Crippen molar-refractivity contribution in [3.8, 4) is 17.2 Å². The quantitative estimate of drug-likeness (QED) is 0.236. The monoisotopic (exact) mass is 433 g/mol. The van der Waals surface area contributed by atoms with Crippen molar-refractivity contribution in [1.82, 2.24) is 0 Å². The van der Waals surface area contributed by atoms with Gasteiger partial charge in [0.25, 0.3) is 0 Å². The molecule has 3 rings (SSSR count). The van der Waals surface area contributed by atoms with Gasteiger partial charge in [-0.25, -0.2) is 4.39 Å². The molecule has 0 amide bonds. The summed E-state index contributed by atoms with van der Waals surface area (Å²) < 4.78 is 29.1. The second-order valence-electron chi connectivity index (χ2n) is 6.83.